The van der Waals surface area contributed by atoms with Gasteiger partial charge in [0.15, 0.2) is 0 Å². The third kappa shape index (κ3) is 1.86. The topological polar surface area (TPSA) is 32.8 Å². The molecule has 0 amide bonds. The van der Waals surface area contributed by atoms with Crippen molar-refractivity contribution in [3.63, 3.8) is 0 Å². The lowest BCUT2D eigenvalue weighted by Crippen LogP contribution is -2.27. The highest BCUT2D eigenvalue weighted by Crippen LogP contribution is 2.41. The van der Waals surface area contributed by atoms with Gasteiger partial charge in [0.2, 0.25) is 0 Å². The highest BCUT2D eigenvalue weighted by Gasteiger charge is 2.45. The minimum Gasteiger partial charge on any atom is -0.388 e. The lowest BCUT2D eigenvalue weighted by Gasteiger charge is -2.26. The molecule has 1 saturated heterocycles. The summed E-state index contributed by atoms with van der Waals surface area (Å²) in [6.45, 7) is 4.12. The van der Waals surface area contributed by atoms with Crippen LogP contribution in [0.4, 0.5) is 0 Å². The molecule has 1 N–H and O–H groups in total. The van der Waals surface area contributed by atoms with Crippen molar-refractivity contribution >= 4 is 0 Å². The fourth-order valence-electron chi connectivity index (χ4n) is 2.61. The molecule has 1 aliphatic heterocycles. The highest BCUT2D eigenvalue weighted by atomic mass is 16.6. The molecular formula is C12H20O2. The van der Waals surface area contributed by atoms with E-state index in [1.165, 1.54) is 5.57 Å². The van der Waals surface area contributed by atoms with E-state index in [0.29, 0.717) is 18.1 Å². The Kier molecular flexibility index (Phi) is 2.93. The van der Waals surface area contributed by atoms with Gasteiger partial charge in [0.1, 0.15) is 0 Å². The average molecular weight is 196 g/mol. The van der Waals surface area contributed by atoms with Crippen LogP contribution in [0.1, 0.15) is 39.5 Å². The summed E-state index contributed by atoms with van der Waals surface area (Å²) in [7, 11) is 0. The van der Waals surface area contributed by atoms with Crippen molar-refractivity contribution in [3.05, 3.63) is 11.6 Å². The Labute approximate surface area is 86.0 Å². The Hall–Kier alpha value is -0.340. The summed E-state index contributed by atoms with van der Waals surface area (Å²) in [5.41, 5.74) is 1.19. The molecule has 1 heterocycles. The molecule has 80 valence electrons. The van der Waals surface area contributed by atoms with Crippen LogP contribution >= 0.6 is 0 Å². The van der Waals surface area contributed by atoms with Gasteiger partial charge in [-0.2, -0.15) is 0 Å². The number of epoxide rings is 1. The van der Waals surface area contributed by atoms with Crippen molar-refractivity contribution in [2.24, 2.45) is 5.92 Å². The maximum Gasteiger partial charge on any atom is 0.0845 e. The molecule has 0 bridgehead atoms. The van der Waals surface area contributed by atoms with Gasteiger partial charge in [-0.3, -0.25) is 0 Å². The molecule has 14 heavy (non-hydrogen) atoms. The summed E-state index contributed by atoms with van der Waals surface area (Å²) in [6, 6.07) is 0. The van der Waals surface area contributed by atoms with Gasteiger partial charge in [0.25, 0.3) is 0 Å². The average Bonchev–Trinajstić information content (AvgIpc) is 2.96. The minimum absolute atomic E-state index is 0.227. The second-order valence-electron chi connectivity index (χ2n) is 4.45. The van der Waals surface area contributed by atoms with Crippen LogP contribution < -0.4 is 0 Å². The van der Waals surface area contributed by atoms with Gasteiger partial charge in [0.05, 0.1) is 18.3 Å². The summed E-state index contributed by atoms with van der Waals surface area (Å²) >= 11 is 0. The highest BCUT2D eigenvalue weighted by molar-refractivity contribution is 5.09. The summed E-state index contributed by atoms with van der Waals surface area (Å²) in [5, 5.41) is 10.1. The first-order chi connectivity index (χ1) is 6.76. The third-order valence-corrected chi connectivity index (χ3v) is 3.65. The van der Waals surface area contributed by atoms with Crippen molar-refractivity contribution in [2.45, 2.75) is 57.8 Å². The number of aliphatic hydroxyl groups is 1. The maximum absolute atomic E-state index is 10.1. The number of hydrogen-bond acceptors (Lipinski definition) is 2. The molecule has 4 unspecified atom stereocenters. The Morgan fingerprint density at radius 1 is 1.50 bits per heavy atom. The molecule has 2 aliphatic rings. The number of fused-ring (bicyclic) bond motifs is 1. The lowest BCUT2D eigenvalue weighted by molar-refractivity contribution is 0.117. The number of aliphatic hydroxyl groups excluding tert-OH is 1. The third-order valence-electron chi connectivity index (χ3n) is 3.65. The number of rotatable bonds is 3. The van der Waals surface area contributed by atoms with E-state index in [4.69, 9.17) is 4.74 Å². The van der Waals surface area contributed by atoms with Crippen LogP contribution in [0.3, 0.4) is 0 Å². The van der Waals surface area contributed by atoms with Gasteiger partial charge < -0.3 is 9.84 Å². The molecular weight excluding hydrogens is 176 g/mol. The first-order valence-corrected chi connectivity index (χ1v) is 5.74. The fraction of sp³-hybridized carbons (Fsp3) is 0.833. The smallest absolute Gasteiger partial charge is 0.0845 e. The SMILES string of the molecule is CC=C(CC)C(O)C1CCC2OC2C1. The van der Waals surface area contributed by atoms with E-state index in [-0.39, 0.29) is 6.10 Å². The van der Waals surface area contributed by atoms with Gasteiger partial charge in [-0.25, -0.2) is 0 Å². The summed E-state index contributed by atoms with van der Waals surface area (Å²) in [5.74, 6) is 0.435. The van der Waals surface area contributed by atoms with Crippen LogP contribution in [0.5, 0.6) is 0 Å². The predicted octanol–water partition coefficient (Wildman–Crippen LogP) is 2.27. The lowest BCUT2D eigenvalue weighted by atomic mass is 9.82. The number of allylic oxidation sites excluding steroid dienone is 1. The van der Waals surface area contributed by atoms with Gasteiger partial charge in [-0.1, -0.05) is 13.0 Å². The molecule has 0 aromatic rings. The maximum atomic E-state index is 10.1. The van der Waals surface area contributed by atoms with E-state index in [1.54, 1.807) is 0 Å². The molecule has 2 nitrogen and oxygen atoms in total. The van der Waals surface area contributed by atoms with Crippen LogP contribution in [0.2, 0.25) is 0 Å². The van der Waals surface area contributed by atoms with E-state index in [9.17, 15) is 5.11 Å². The number of ether oxygens (including phenoxy) is 1. The zero-order chi connectivity index (χ0) is 10.1. The molecule has 0 radical (unpaired) electrons. The van der Waals surface area contributed by atoms with Crippen LogP contribution in [0.15, 0.2) is 11.6 Å². The summed E-state index contributed by atoms with van der Waals surface area (Å²) in [4.78, 5) is 0. The molecule has 1 aliphatic carbocycles. The molecule has 0 aromatic heterocycles. The van der Waals surface area contributed by atoms with Crippen LogP contribution in [0, 0.1) is 5.92 Å². The fourth-order valence-corrected chi connectivity index (χ4v) is 2.61. The van der Waals surface area contributed by atoms with Crippen LogP contribution in [0.25, 0.3) is 0 Å². The van der Waals surface area contributed by atoms with Gasteiger partial charge in [-0.15, -0.1) is 0 Å². The van der Waals surface area contributed by atoms with Gasteiger partial charge in [-0.05, 0) is 44.1 Å². The Balaban J connectivity index is 1.93. The first kappa shape index (κ1) is 10.2. The van der Waals surface area contributed by atoms with Crippen molar-refractivity contribution in [3.8, 4) is 0 Å². The van der Waals surface area contributed by atoms with Crippen molar-refractivity contribution in [2.75, 3.05) is 0 Å². The second-order valence-corrected chi connectivity index (χ2v) is 4.45. The minimum atomic E-state index is -0.227. The molecule has 0 spiro atoms. The van der Waals surface area contributed by atoms with Crippen molar-refractivity contribution in [1.29, 1.82) is 0 Å². The number of hydrogen-bond donors (Lipinski definition) is 1. The second kappa shape index (κ2) is 4.03. The molecule has 2 fully saturated rings. The standard InChI is InChI=1S/C12H20O2/c1-3-8(4-2)12(13)9-5-6-10-11(7-9)14-10/h3,9-13H,4-7H2,1-2H3. The largest absolute Gasteiger partial charge is 0.388 e. The van der Waals surface area contributed by atoms with E-state index < -0.39 is 0 Å². The molecule has 1 saturated carbocycles. The quantitative estimate of drug-likeness (QED) is 0.555. The summed E-state index contributed by atoms with van der Waals surface area (Å²) < 4.78 is 5.47. The molecule has 2 heteroatoms. The Morgan fingerprint density at radius 2 is 2.29 bits per heavy atom. The molecule has 4 atom stereocenters. The van der Waals surface area contributed by atoms with E-state index in [2.05, 4.69) is 13.0 Å². The van der Waals surface area contributed by atoms with E-state index >= 15 is 0 Å². The van der Waals surface area contributed by atoms with E-state index in [1.807, 2.05) is 6.92 Å². The van der Waals surface area contributed by atoms with Crippen molar-refractivity contribution in [1.82, 2.24) is 0 Å². The van der Waals surface area contributed by atoms with Crippen LogP contribution in [-0.4, -0.2) is 23.4 Å². The molecule has 0 aromatic carbocycles. The zero-order valence-electron chi connectivity index (χ0n) is 9.07. The van der Waals surface area contributed by atoms with E-state index in [0.717, 1.165) is 25.7 Å². The monoisotopic (exact) mass is 196 g/mol. The normalized spacial score (nSPS) is 39.1. The zero-order valence-corrected chi connectivity index (χ0v) is 9.07. The van der Waals surface area contributed by atoms with Gasteiger partial charge in [0, 0.05) is 0 Å². The first-order valence-electron chi connectivity index (χ1n) is 5.74. The summed E-state index contributed by atoms with van der Waals surface area (Å²) in [6.07, 6.45) is 7.13. The van der Waals surface area contributed by atoms with Crippen molar-refractivity contribution < 1.29 is 9.84 Å². The Bertz CT molecular complexity index is 234. The predicted molar refractivity (Wildman–Crippen MR) is 56.1 cm³/mol. The molecule has 2 rings (SSSR count). The van der Waals surface area contributed by atoms with Crippen LogP contribution in [-0.2, 0) is 4.74 Å². The Morgan fingerprint density at radius 3 is 2.86 bits per heavy atom. The van der Waals surface area contributed by atoms with Gasteiger partial charge >= 0.3 is 0 Å².